The van der Waals surface area contributed by atoms with Gasteiger partial charge >= 0.3 is 6.01 Å². The van der Waals surface area contributed by atoms with E-state index in [4.69, 9.17) is 9.47 Å². The highest BCUT2D eigenvalue weighted by Gasteiger charge is 2.24. The first-order valence-electron chi connectivity index (χ1n) is 11.6. The van der Waals surface area contributed by atoms with Gasteiger partial charge in [-0.2, -0.15) is 9.97 Å². The molecular weight excluding hydrogens is 480 g/mol. The summed E-state index contributed by atoms with van der Waals surface area (Å²) < 4.78 is 10.5. The van der Waals surface area contributed by atoms with Crippen LogP contribution < -0.4 is 25.0 Å². The monoisotopic (exact) mass is 510 g/mol. The lowest BCUT2D eigenvalue weighted by molar-refractivity contribution is -0.115. The second-order valence-electron chi connectivity index (χ2n) is 9.40. The highest BCUT2D eigenvalue weighted by Crippen LogP contribution is 2.31. The molecule has 0 bridgehead atoms. The van der Waals surface area contributed by atoms with Gasteiger partial charge in [0.05, 0.1) is 32.9 Å². The fourth-order valence-electron chi connectivity index (χ4n) is 3.83. The summed E-state index contributed by atoms with van der Waals surface area (Å²) in [7, 11) is 3.06. The van der Waals surface area contributed by atoms with E-state index >= 15 is 0 Å². The number of benzene rings is 1. The lowest BCUT2D eigenvalue weighted by atomic mass is 10.0. The van der Waals surface area contributed by atoms with Crippen LogP contribution in [0.2, 0.25) is 0 Å². The molecule has 0 aliphatic carbocycles. The number of ether oxygens (including phenoxy) is 2. The van der Waals surface area contributed by atoms with Gasteiger partial charge in [0.25, 0.3) is 5.91 Å². The molecule has 1 aliphatic heterocycles. The SMILES string of the molecule is COc1cc(N2CCc3nc(NC(=O)Cc4ccccc4C(=O)NC(C)(C)C)sc3C2)nc(OC)n1. The zero-order valence-electron chi connectivity index (χ0n) is 21.0. The Bertz CT molecular complexity index is 1250. The van der Waals surface area contributed by atoms with E-state index in [0.717, 1.165) is 10.6 Å². The summed E-state index contributed by atoms with van der Waals surface area (Å²) in [6.07, 6.45) is 0.788. The largest absolute Gasteiger partial charge is 0.481 e. The molecule has 0 saturated carbocycles. The molecule has 36 heavy (non-hydrogen) atoms. The summed E-state index contributed by atoms with van der Waals surface area (Å²) in [6, 6.07) is 9.16. The van der Waals surface area contributed by atoms with Gasteiger partial charge in [0.2, 0.25) is 11.8 Å². The number of hydrogen-bond donors (Lipinski definition) is 2. The summed E-state index contributed by atoms with van der Waals surface area (Å²) in [4.78, 5) is 41.9. The summed E-state index contributed by atoms with van der Waals surface area (Å²) in [5, 5.41) is 6.40. The maximum absolute atomic E-state index is 12.9. The van der Waals surface area contributed by atoms with Gasteiger partial charge < -0.3 is 25.0 Å². The normalized spacial score (nSPS) is 13.1. The van der Waals surface area contributed by atoms with E-state index < -0.39 is 0 Å². The van der Waals surface area contributed by atoms with Gasteiger partial charge in [0.15, 0.2) is 5.13 Å². The second-order valence-corrected chi connectivity index (χ2v) is 10.5. The maximum atomic E-state index is 12.9. The Morgan fingerprint density at radius 1 is 1.11 bits per heavy atom. The maximum Gasteiger partial charge on any atom is 0.321 e. The van der Waals surface area contributed by atoms with Crippen molar-refractivity contribution in [2.24, 2.45) is 0 Å². The van der Waals surface area contributed by atoms with Crippen molar-refractivity contribution in [1.82, 2.24) is 20.3 Å². The lowest BCUT2D eigenvalue weighted by Gasteiger charge is -2.27. The standard InChI is InChI=1S/C25H30N6O4S/c1-25(2,3)30-22(33)16-9-7-6-8-15(16)12-20(32)28-24-26-17-10-11-31(14-18(17)36-24)19-13-21(34-4)29-23(27-19)35-5/h6-9,13H,10-12,14H2,1-5H3,(H,30,33)(H,26,28,32). The number of nitrogens with zero attached hydrogens (tertiary/aromatic N) is 4. The van der Waals surface area contributed by atoms with Gasteiger partial charge in [0, 0.05) is 35.0 Å². The van der Waals surface area contributed by atoms with E-state index in [2.05, 4.69) is 30.5 Å². The number of aromatic nitrogens is 3. The van der Waals surface area contributed by atoms with E-state index in [-0.39, 0.29) is 29.8 Å². The number of hydrogen-bond acceptors (Lipinski definition) is 9. The van der Waals surface area contributed by atoms with Gasteiger partial charge in [-0.1, -0.05) is 29.5 Å². The van der Waals surface area contributed by atoms with Crippen LogP contribution in [0.1, 0.15) is 47.3 Å². The van der Waals surface area contributed by atoms with Gasteiger partial charge in [-0.05, 0) is 32.4 Å². The molecule has 1 aliphatic rings. The van der Waals surface area contributed by atoms with E-state index in [0.29, 0.717) is 47.5 Å². The summed E-state index contributed by atoms with van der Waals surface area (Å²) >= 11 is 1.44. The number of carbonyl (C=O) groups excluding carboxylic acids is 2. The van der Waals surface area contributed by atoms with Crippen molar-refractivity contribution in [3.05, 3.63) is 52.0 Å². The molecule has 4 rings (SSSR count). The van der Waals surface area contributed by atoms with Crippen molar-refractivity contribution in [3.8, 4) is 11.9 Å². The average molecular weight is 511 g/mol. The Labute approximate surface area is 214 Å². The highest BCUT2D eigenvalue weighted by atomic mass is 32.1. The number of nitrogens with one attached hydrogen (secondary N) is 2. The number of thiazole rings is 1. The first kappa shape index (κ1) is 25.4. The number of fused-ring (bicyclic) bond motifs is 1. The van der Waals surface area contributed by atoms with Crippen LogP contribution in [0.25, 0.3) is 0 Å². The van der Waals surface area contributed by atoms with E-state index in [1.807, 2.05) is 26.8 Å². The molecular formula is C25H30N6O4S. The van der Waals surface area contributed by atoms with Gasteiger partial charge in [-0.3, -0.25) is 9.59 Å². The summed E-state index contributed by atoms with van der Waals surface area (Å²) in [6.45, 7) is 7.07. The predicted molar refractivity (Wildman–Crippen MR) is 138 cm³/mol. The minimum absolute atomic E-state index is 0.0740. The highest BCUT2D eigenvalue weighted by molar-refractivity contribution is 7.15. The van der Waals surface area contributed by atoms with Crippen LogP contribution in [0.4, 0.5) is 10.9 Å². The number of anilines is 2. The Morgan fingerprint density at radius 2 is 1.89 bits per heavy atom. The van der Waals surface area contributed by atoms with Crippen molar-refractivity contribution in [1.29, 1.82) is 0 Å². The molecule has 0 fully saturated rings. The number of amides is 2. The van der Waals surface area contributed by atoms with Crippen molar-refractivity contribution >= 4 is 34.1 Å². The van der Waals surface area contributed by atoms with Crippen LogP contribution in [0.15, 0.2) is 30.3 Å². The molecule has 2 N–H and O–H groups in total. The first-order chi connectivity index (χ1) is 17.1. The van der Waals surface area contributed by atoms with Crippen molar-refractivity contribution in [2.45, 2.75) is 45.7 Å². The smallest absolute Gasteiger partial charge is 0.321 e. The first-order valence-corrected chi connectivity index (χ1v) is 12.4. The molecule has 3 aromatic rings. The van der Waals surface area contributed by atoms with Crippen molar-refractivity contribution in [2.75, 3.05) is 31.0 Å². The molecule has 3 heterocycles. The van der Waals surface area contributed by atoms with Crippen LogP contribution in [0.5, 0.6) is 11.9 Å². The quantitative estimate of drug-likeness (QED) is 0.497. The van der Waals surface area contributed by atoms with Crippen molar-refractivity contribution < 1.29 is 19.1 Å². The minimum atomic E-state index is -0.373. The summed E-state index contributed by atoms with van der Waals surface area (Å²) in [5.41, 5.74) is 1.75. The Morgan fingerprint density at radius 3 is 2.61 bits per heavy atom. The Hall–Kier alpha value is -3.73. The number of carbonyl (C=O) groups is 2. The van der Waals surface area contributed by atoms with Crippen LogP contribution in [-0.2, 0) is 24.2 Å². The van der Waals surface area contributed by atoms with Crippen LogP contribution >= 0.6 is 11.3 Å². The molecule has 190 valence electrons. The fourth-order valence-corrected chi connectivity index (χ4v) is 4.87. The minimum Gasteiger partial charge on any atom is -0.481 e. The molecule has 0 atom stereocenters. The lowest BCUT2D eigenvalue weighted by Crippen LogP contribution is -2.41. The zero-order chi connectivity index (χ0) is 25.9. The molecule has 0 spiro atoms. The zero-order valence-corrected chi connectivity index (χ0v) is 21.9. The van der Waals surface area contributed by atoms with E-state index in [9.17, 15) is 9.59 Å². The average Bonchev–Trinajstić information content (AvgIpc) is 3.24. The van der Waals surface area contributed by atoms with Gasteiger partial charge in [-0.25, -0.2) is 4.98 Å². The van der Waals surface area contributed by atoms with E-state index in [1.165, 1.54) is 18.4 Å². The topological polar surface area (TPSA) is 119 Å². The van der Waals surface area contributed by atoms with Gasteiger partial charge in [0.1, 0.15) is 5.82 Å². The summed E-state index contributed by atoms with van der Waals surface area (Å²) in [5.74, 6) is 0.706. The third-order valence-corrected chi connectivity index (χ3v) is 6.46. The van der Waals surface area contributed by atoms with Crippen LogP contribution in [0, 0.1) is 0 Å². The second kappa shape index (κ2) is 10.5. The third-order valence-electron chi connectivity index (χ3n) is 5.46. The Balaban J connectivity index is 1.44. The Kier molecular flexibility index (Phi) is 7.39. The van der Waals surface area contributed by atoms with Crippen LogP contribution in [-0.4, -0.2) is 53.1 Å². The molecule has 1 aromatic carbocycles. The number of rotatable bonds is 7. The van der Waals surface area contributed by atoms with Crippen LogP contribution in [0.3, 0.4) is 0 Å². The molecule has 11 heteroatoms. The molecule has 0 unspecified atom stereocenters. The molecule has 2 aromatic heterocycles. The third kappa shape index (κ3) is 6.09. The van der Waals surface area contributed by atoms with Crippen molar-refractivity contribution in [3.63, 3.8) is 0 Å². The molecule has 2 amide bonds. The number of methoxy groups -OCH3 is 2. The molecule has 10 nitrogen and oxygen atoms in total. The predicted octanol–water partition coefficient (Wildman–Crippen LogP) is 3.22. The van der Waals surface area contributed by atoms with E-state index in [1.54, 1.807) is 31.4 Å². The molecule has 0 saturated heterocycles. The molecule has 0 radical (unpaired) electrons. The fraction of sp³-hybridized carbons (Fsp3) is 0.400. The van der Waals surface area contributed by atoms with Gasteiger partial charge in [-0.15, -0.1) is 0 Å².